The minimum Gasteiger partial charge on any atom is -0.493 e. The Bertz CT molecular complexity index is 1330. The van der Waals surface area contributed by atoms with E-state index >= 15 is 0 Å². The minimum absolute atomic E-state index is 0.0425. The van der Waals surface area contributed by atoms with Crippen molar-refractivity contribution in [2.24, 2.45) is 0 Å². The molecule has 0 radical (unpaired) electrons. The Morgan fingerprint density at radius 3 is 2.24 bits per heavy atom. The Morgan fingerprint density at radius 2 is 1.62 bits per heavy atom. The molecule has 0 spiro atoms. The second-order valence-corrected chi connectivity index (χ2v) is 7.84. The van der Waals surface area contributed by atoms with Crippen LogP contribution in [0.25, 0.3) is 16.8 Å². The SMILES string of the molecule is Cc1ccccc1-n1nc(C(=O)NC(CC(=O)O)c2ccc(-c3ccc(F)cc3)cc2)cc1O. The molecule has 7 nitrogen and oxygen atoms in total. The van der Waals surface area contributed by atoms with Crippen molar-refractivity contribution in [3.05, 3.63) is 102 Å². The molecule has 4 rings (SSSR count). The van der Waals surface area contributed by atoms with E-state index in [9.17, 15) is 24.2 Å². The summed E-state index contributed by atoms with van der Waals surface area (Å²) in [5.41, 5.74) is 3.66. The molecule has 1 heterocycles. The molecule has 1 atom stereocenters. The molecule has 0 aliphatic rings. The largest absolute Gasteiger partial charge is 0.493 e. The number of carbonyl (C=O) groups is 2. The van der Waals surface area contributed by atoms with Crippen LogP contribution in [0.4, 0.5) is 4.39 Å². The van der Waals surface area contributed by atoms with Crippen molar-refractivity contribution >= 4 is 11.9 Å². The van der Waals surface area contributed by atoms with Gasteiger partial charge in [0.2, 0.25) is 5.88 Å². The molecule has 8 heteroatoms. The van der Waals surface area contributed by atoms with E-state index in [4.69, 9.17) is 0 Å². The number of amides is 1. The van der Waals surface area contributed by atoms with Crippen LogP contribution in [0.1, 0.15) is 34.1 Å². The molecule has 0 fully saturated rings. The maximum atomic E-state index is 13.2. The van der Waals surface area contributed by atoms with Gasteiger partial charge >= 0.3 is 5.97 Å². The first-order valence-corrected chi connectivity index (χ1v) is 10.6. The second kappa shape index (κ2) is 9.58. The molecule has 3 aromatic carbocycles. The fourth-order valence-electron chi connectivity index (χ4n) is 3.67. The average molecular weight is 459 g/mol. The van der Waals surface area contributed by atoms with Crippen LogP contribution in [0.2, 0.25) is 0 Å². The standard InChI is InChI=1S/C26H22FN3O4/c1-16-4-2-3-5-23(16)30-24(31)14-22(29-30)26(34)28-21(15-25(32)33)19-8-6-17(7-9-19)18-10-12-20(27)13-11-18/h2-14,21,31H,15H2,1H3,(H,28,34)(H,32,33). The molecule has 0 bridgehead atoms. The van der Waals surface area contributed by atoms with Gasteiger partial charge in [0.15, 0.2) is 5.69 Å². The van der Waals surface area contributed by atoms with Gasteiger partial charge < -0.3 is 15.5 Å². The number of aliphatic carboxylic acids is 1. The molecular weight excluding hydrogens is 437 g/mol. The van der Waals surface area contributed by atoms with E-state index in [1.807, 2.05) is 19.1 Å². The zero-order chi connectivity index (χ0) is 24.2. The Morgan fingerprint density at radius 1 is 1.00 bits per heavy atom. The van der Waals surface area contributed by atoms with E-state index in [0.717, 1.165) is 16.7 Å². The molecule has 1 amide bonds. The number of aryl methyl sites for hydroxylation is 1. The monoisotopic (exact) mass is 459 g/mol. The van der Waals surface area contributed by atoms with Crippen molar-refractivity contribution in [2.45, 2.75) is 19.4 Å². The number of nitrogens with zero attached hydrogens (tertiary/aromatic N) is 2. The molecule has 1 unspecified atom stereocenters. The summed E-state index contributed by atoms with van der Waals surface area (Å²) in [5.74, 6) is -2.24. The fourth-order valence-corrected chi connectivity index (χ4v) is 3.67. The highest BCUT2D eigenvalue weighted by molar-refractivity contribution is 5.93. The van der Waals surface area contributed by atoms with Crippen LogP contribution in [0.3, 0.4) is 0 Å². The van der Waals surface area contributed by atoms with Crippen molar-refractivity contribution in [3.8, 4) is 22.7 Å². The normalized spacial score (nSPS) is 11.7. The van der Waals surface area contributed by atoms with Gasteiger partial charge in [-0.05, 0) is 47.4 Å². The molecule has 0 saturated heterocycles. The van der Waals surface area contributed by atoms with Crippen molar-refractivity contribution in [2.75, 3.05) is 0 Å². The van der Waals surface area contributed by atoms with Crippen LogP contribution in [-0.4, -0.2) is 31.9 Å². The number of aromatic hydroxyl groups is 1. The zero-order valence-electron chi connectivity index (χ0n) is 18.3. The molecule has 0 aliphatic carbocycles. The summed E-state index contributed by atoms with van der Waals surface area (Å²) < 4.78 is 14.4. The third-order valence-electron chi connectivity index (χ3n) is 5.44. The smallest absolute Gasteiger partial charge is 0.305 e. The lowest BCUT2D eigenvalue weighted by atomic mass is 9.99. The number of nitrogens with one attached hydrogen (secondary N) is 1. The van der Waals surface area contributed by atoms with Crippen molar-refractivity contribution < 1.29 is 24.2 Å². The van der Waals surface area contributed by atoms with E-state index in [0.29, 0.717) is 11.3 Å². The van der Waals surface area contributed by atoms with Crippen molar-refractivity contribution in [1.29, 1.82) is 0 Å². The number of hydrogen-bond acceptors (Lipinski definition) is 4. The van der Waals surface area contributed by atoms with Crippen LogP contribution in [0.5, 0.6) is 5.88 Å². The number of benzene rings is 3. The minimum atomic E-state index is -1.08. The van der Waals surface area contributed by atoms with Gasteiger partial charge in [0, 0.05) is 6.07 Å². The van der Waals surface area contributed by atoms with Crippen LogP contribution >= 0.6 is 0 Å². The third-order valence-corrected chi connectivity index (χ3v) is 5.44. The maximum Gasteiger partial charge on any atom is 0.305 e. The third kappa shape index (κ3) is 4.96. The first kappa shape index (κ1) is 22.7. The van der Waals surface area contributed by atoms with Crippen molar-refractivity contribution in [3.63, 3.8) is 0 Å². The quantitative estimate of drug-likeness (QED) is 0.374. The van der Waals surface area contributed by atoms with E-state index in [1.165, 1.54) is 22.9 Å². The molecule has 4 aromatic rings. The Balaban J connectivity index is 1.56. The topological polar surface area (TPSA) is 104 Å². The van der Waals surface area contributed by atoms with Gasteiger partial charge in [0.25, 0.3) is 5.91 Å². The highest BCUT2D eigenvalue weighted by Gasteiger charge is 2.22. The number of halogens is 1. The number of carboxylic acid groups (broad SMARTS) is 1. The molecule has 3 N–H and O–H groups in total. The summed E-state index contributed by atoms with van der Waals surface area (Å²) >= 11 is 0. The molecule has 0 aliphatic heterocycles. The number of carboxylic acids is 1. The Labute approximate surface area is 195 Å². The van der Waals surface area contributed by atoms with Crippen LogP contribution in [-0.2, 0) is 4.79 Å². The van der Waals surface area contributed by atoms with Crippen LogP contribution < -0.4 is 5.32 Å². The van der Waals surface area contributed by atoms with Crippen molar-refractivity contribution in [1.82, 2.24) is 15.1 Å². The van der Waals surface area contributed by atoms with E-state index < -0.39 is 17.9 Å². The number of para-hydroxylation sites is 1. The highest BCUT2D eigenvalue weighted by atomic mass is 19.1. The Hall–Kier alpha value is -4.46. The van der Waals surface area contributed by atoms with Gasteiger partial charge in [-0.1, -0.05) is 54.6 Å². The first-order chi connectivity index (χ1) is 16.3. The average Bonchev–Trinajstić information content (AvgIpc) is 3.21. The lowest BCUT2D eigenvalue weighted by Gasteiger charge is -2.17. The summed E-state index contributed by atoms with van der Waals surface area (Å²) in [5, 5.41) is 26.6. The van der Waals surface area contributed by atoms with E-state index in [1.54, 1.807) is 48.5 Å². The summed E-state index contributed by atoms with van der Waals surface area (Å²) in [4.78, 5) is 24.3. The number of hydrogen-bond donors (Lipinski definition) is 3. The van der Waals surface area contributed by atoms with E-state index in [-0.39, 0.29) is 23.8 Å². The second-order valence-electron chi connectivity index (χ2n) is 7.84. The predicted octanol–water partition coefficient (Wildman–Crippen LogP) is 4.64. The highest BCUT2D eigenvalue weighted by Crippen LogP contribution is 2.25. The lowest BCUT2D eigenvalue weighted by Crippen LogP contribution is -2.30. The molecule has 1 aromatic heterocycles. The zero-order valence-corrected chi connectivity index (χ0v) is 18.3. The molecular formula is C26H22FN3O4. The first-order valence-electron chi connectivity index (χ1n) is 10.6. The number of rotatable bonds is 7. The molecule has 34 heavy (non-hydrogen) atoms. The number of carbonyl (C=O) groups excluding carboxylic acids is 1. The molecule has 172 valence electrons. The molecule has 0 saturated carbocycles. The van der Waals surface area contributed by atoms with Gasteiger partial charge in [-0.15, -0.1) is 0 Å². The van der Waals surface area contributed by atoms with Gasteiger partial charge in [0.05, 0.1) is 18.2 Å². The summed E-state index contributed by atoms with van der Waals surface area (Å²) in [7, 11) is 0. The summed E-state index contributed by atoms with van der Waals surface area (Å²) in [6, 6.07) is 20.7. The van der Waals surface area contributed by atoms with Gasteiger partial charge in [-0.3, -0.25) is 9.59 Å². The van der Waals surface area contributed by atoms with Gasteiger partial charge in [0.1, 0.15) is 5.82 Å². The van der Waals surface area contributed by atoms with Crippen LogP contribution in [0, 0.1) is 12.7 Å². The van der Waals surface area contributed by atoms with Crippen LogP contribution in [0.15, 0.2) is 78.9 Å². The predicted molar refractivity (Wildman–Crippen MR) is 124 cm³/mol. The fraction of sp³-hybridized carbons (Fsp3) is 0.115. The summed E-state index contributed by atoms with van der Waals surface area (Å²) in [6.45, 7) is 1.86. The maximum absolute atomic E-state index is 13.2. The lowest BCUT2D eigenvalue weighted by molar-refractivity contribution is -0.137. The summed E-state index contributed by atoms with van der Waals surface area (Å²) in [6.07, 6.45) is -0.341. The number of aromatic nitrogens is 2. The van der Waals surface area contributed by atoms with Gasteiger partial charge in [-0.25, -0.2) is 9.07 Å². The van der Waals surface area contributed by atoms with Gasteiger partial charge in [-0.2, -0.15) is 5.10 Å². The Kier molecular flexibility index (Phi) is 6.40. The van der Waals surface area contributed by atoms with E-state index in [2.05, 4.69) is 10.4 Å².